The number of esters is 1. The lowest BCUT2D eigenvalue weighted by Crippen LogP contribution is -1.99. The number of hydrogen-bond acceptors (Lipinski definition) is 2. The van der Waals surface area contributed by atoms with Gasteiger partial charge in [0.1, 0.15) is 0 Å². The van der Waals surface area contributed by atoms with Crippen molar-refractivity contribution in [2.45, 2.75) is 65.7 Å². The maximum absolute atomic E-state index is 10.5. The van der Waals surface area contributed by atoms with E-state index >= 15 is 0 Å². The first-order valence-electron chi connectivity index (χ1n) is 7.63. The molecule has 0 saturated heterocycles. The van der Waals surface area contributed by atoms with Crippen LogP contribution in [0.25, 0.3) is 0 Å². The first-order chi connectivity index (χ1) is 9.16. The Balaban J connectivity index is 3.32. The summed E-state index contributed by atoms with van der Waals surface area (Å²) in [5.41, 5.74) is 0. The van der Waals surface area contributed by atoms with E-state index < -0.39 is 0 Å². The number of allylic oxidation sites excluding steroid dienone is 4. The van der Waals surface area contributed by atoms with E-state index in [1.807, 2.05) is 0 Å². The zero-order valence-corrected chi connectivity index (χ0v) is 12.9. The molecule has 2 heteroatoms. The van der Waals surface area contributed by atoms with E-state index in [0.29, 0.717) is 12.5 Å². The van der Waals surface area contributed by atoms with Crippen LogP contribution in [0.4, 0.5) is 0 Å². The molecular weight excluding hydrogens is 236 g/mol. The Morgan fingerprint density at radius 2 is 1.89 bits per heavy atom. The zero-order valence-electron chi connectivity index (χ0n) is 12.9. The quantitative estimate of drug-likeness (QED) is 0.297. The second-order valence-electron chi connectivity index (χ2n) is 5.12. The fourth-order valence-electron chi connectivity index (χ4n) is 1.91. The average Bonchev–Trinajstić information content (AvgIpc) is 2.36. The molecule has 0 aliphatic carbocycles. The second kappa shape index (κ2) is 13.4. The Morgan fingerprint density at radius 3 is 2.58 bits per heavy atom. The van der Waals surface area contributed by atoms with Gasteiger partial charge in [0.25, 0.3) is 0 Å². The van der Waals surface area contributed by atoms with E-state index in [9.17, 15) is 4.79 Å². The minimum absolute atomic E-state index is 0.174. The molecule has 0 bridgehead atoms. The zero-order chi connectivity index (χ0) is 14.3. The molecule has 0 aliphatic rings. The van der Waals surface area contributed by atoms with Gasteiger partial charge in [-0.3, -0.25) is 4.79 Å². The van der Waals surface area contributed by atoms with Crippen molar-refractivity contribution in [1.82, 2.24) is 0 Å². The fraction of sp³-hybridized carbons (Fsp3) is 0.706. The van der Waals surface area contributed by atoms with Gasteiger partial charge in [0, 0.05) is 6.92 Å². The smallest absolute Gasteiger partial charge is 0.302 e. The summed E-state index contributed by atoms with van der Waals surface area (Å²) >= 11 is 0. The molecule has 0 aromatic heterocycles. The predicted molar refractivity (Wildman–Crippen MR) is 82.1 cm³/mol. The second-order valence-corrected chi connectivity index (χ2v) is 5.12. The highest BCUT2D eigenvalue weighted by Gasteiger charge is 1.93. The number of carbonyl (C=O) groups is 1. The van der Waals surface area contributed by atoms with Gasteiger partial charge in [-0.25, -0.2) is 0 Å². The lowest BCUT2D eigenvalue weighted by molar-refractivity contribution is -0.141. The molecule has 0 N–H and O–H groups in total. The van der Waals surface area contributed by atoms with Crippen LogP contribution in [-0.2, 0) is 9.53 Å². The van der Waals surface area contributed by atoms with Crippen LogP contribution in [0, 0.1) is 5.92 Å². The van der Waals surface area contributed by atoms with Gasteiger partial charge >= 0.3 is 5.97 Å². The van der Waals surface area contributed by atoms with Crippen LogP contribution < -0.4 is 0 Å². The SMILES string of the molecule is CCCC(C)/C=C/C=C/CCCCCCOC(C)=O. The van der Waals surface area contributed by atoms with Gasteiger partial charge in [-0.15, -0.1) is 0 Å². The summed E-state index contributed by atoms with van der Waals surface area (Å²) in [6.07, 6.45) is 17.1. The van der Waals surface area contributed by atoms with Gasteiger partial charge in [0.05, 0.1) is 6.61 Å². The van der Waals surface area contributed by atoms with Gasteiger partial charge in [0.2, 0.25) is 0 Å². The summed E-state index contributed by atoms with van der Waals surface area (Å²) < 4.78 is 4.88. The number of carbonyl (C=O) groups excluding carboxylic acids is 1. The van der Waals surface area contributed by atoms with Crippen molar-refractivity contribution < 1.29 is 9.53 Å². The fourth-order valence-corrected chi connectivity index (χ4v) is 1.91. The van der Waals surface area contributed by atoms with Gasteiger partial charge in [-0.2, -0.15) is 0 Å². The summed E-state index contributed by atoms with van der Waals surface area (Å²) in [5.74, 6) is 0.517. The molecule has 1 atom stereocenters. The summed E-state index contributed by atoms with van der Waals surface area (Å²) in [5, 5.41) is 0. The molecule has 0 amide bonds. The third-order valence-corrected chi connectivity index (χ3v) is 3.00. The van der Waals surface area contributed by atoms with Gasteiger partial charge in [-0.05, 0) is 31.6 Å². The number of unbranched alkanes of at least 4 members (excludes halogenated alkanes) is 4. The molecule has 0 saturated carbocycles. The van der Waals surface area contributed by atoms with E-state index in [1.165, 1.54) is 32.6 Å². The van der Waals surface area contributed by atoms with Crippen molar-refractivity contribution in [3.8, 4) is 0 Å². The average molecular weight is 266 g/mol. The minimum atomic E-state index is -0.174. The lowest BCUT2D eigenvalue weighted by atomic mass is 10.1. The molecule has 0 aliphatic heterocycles. The first-order valence-corrected chi connectivity index (χ1v) is 7.63. The maximum Gasteiger partial charge on any atom is 0.302 e. The Kier molecular flexibility index (Phi) is 12.6. The molecular formula is C17H30O2. The summed E-state index contributed by atoms with van der Waals surface area (Å²) in [6.45, 7) is 6.52. The van der Waals surface area contributed by atoms with Crippen molar-refractivity contribution in [2.24, 2.45) is 5.92 Å². The van der Waals surface area contributed by atoms with E-state index in [0.717, 1.165) is 19.3 Å². The van der Waals surface area contributed by atoms with Crippen LogP contribution in [0.1, 0.15) is 65.7 Å². The van der Waals surface area contributed by atoms with Crippen molar-refractivity contribution in [3.05, 3.63) is 24.3 Å². The molecule has 0 aromatic carbocycles. The normalized spacial score (nSPS) is 13.2. The Labute approximate surface area is 118 Å². The third kappa shape index (κ3) is 14.9. The molecule has 0 rings (SSSR count). The number of rotatable bonds is 11. The predicted octanol–water partition coefficient (Wildman–Crippen LogP) is 5.05. The van der Waals surface area contributed by atoms with E-state index in [4.69, 9.17) is 4.74 Å². The molecule has 0 heterocycles. The van der Waals surface area contributed by atoms with Crippen LogP contribution in [-0.4, -0.2) is 12.6 Å². The van der Waals surface area contributed by atoms with Crippen LogP contribution in [0.15, 0.2) is 24.3 Å². The van der Waals surface area contributed by atoms with Crippen molar-refractivity contribution in [3.63, 3.8) is 0 Å². The monoisotopic (exact) mass is 266 g/mol. The van der Waals surface area contributed by atoms with E-state index in [1.54, 1.807) is 0 Å². The topological polar surface area (TPSA) is 26.3 Å². The van der Waals surface area contributed by atoms with Gasteiger partial charge in [0.15, 0.2) is 0 Å². The molecule has 0 radical (unpaired) electrons. The molecule has 0 fully saturated rings. The molecule has 110 valence electrons. The van der Waals surface area contributed by atoms with Crippen LogP contribution in [0.3, 0.4) is 0 Å². The molecule has 2 nitrogen and oxygen atoms in total. The largest absolute Gasteiger partial charge is 0.466 e. The first kappa shape index (κ1) is 17.9. The van der Waals surface area contributed by atoms with E-state index in [2.05, 4.69) is 38.2 Å². The van der Waals surface area contributed by atoms with Gasteiger partial charge < -0.3 is 4.74 Å². The van der Waals surface area contributed by atoms with Crippen molar-refractivity contribution in [1.29, 1.82) is 0 Å². The molecule has 1 unspecified atom stereocenters. The number of ether oxygens (including phenoxy) is 1. The summed E-state index contributed by atoms with van der Waals surface area (Å²) in [6, 6.07) is 0. The van der Waals surface area contributed by atoms with Crippen molar-refractivity contribution in [2.75, 3.05) is 6.61 Å². The van der Waals surface area contributed by atoms with Crippen LogP contribution >= 0.6 is 0 Å². The summed E-state index contributed by atoms with van der Waals surface area (Å²) in [4.78, 5) is 10.5. The highest BCUT2D eigenvalue weighted by molar-refractivity contribution is 5.65. The molecule has 19 heavy (non-hydrogen) atoms. The standard InChI is InChI=1S/C17H30O2/c1-4-13-16(2)14-11-9-7-5-6-8-10-12-15-19-17(3)18/h7,9,11,14,16H,4-6,8,10,12-13,15H2,1-3H3/b9-7+,14-11+. The Bertz CT molecular complexity index is 266. The molecule has 0 spiro atoms. The van der Waals surface area contributed by atoms with E-state index in [-0.39, 0.29) is 5.97 Å². The highest BCUT2D eigenvalue weighted by Crippen LogP contribution is 2.07. The van der Waals surface area contributed by atoms with Crippen LogP contribution in [0.5, 0.6) is 0 Å². The van der Waals surface area contributed by atoms with Crippen LogP contribution in [0.2, 0.25) is 0 Å². The molecule has 0 aromatic rings. The third-order valence-electron chi connectivity index (χ3n) is 3.00. The maximum atomic E-state index is 10.5. The highest BCUT2D eigenvalue weighted by atomic mass is 16.5. The van der Waals surface area contributed by atoms with Gasteiger partial charge in [-0.1, -0.05) is 57.4 Å². The lowest BCUT2D eigenvalue weighted by Gasteiger charge is -2.01. The number of hydrogen-bond donors (Lipinski definition) is 0. The Hall–Kier alpha value is -1.05. The minimum Gasteiger partial charge on any atom is -0.466 e. The van der Waals surface area contributed by atoms with Crippen molar-refractivity contribution >= 4 is 5.97 Å². The Morgan fingerprint density at radius 1 is 1.16 bits per heavy atom. The summed E-state index contributed by atoms with van der Waals surface area (Å²) in [7, 11) is 0.